The maximum atomic E-state index is 12.5. The molecule has 3 rings (SSSR count). The summed E-state index contributed by atoms with van der Waals surface area (Å²) >= 11 is 6.72. The molecule has 0 aliphatic carbocycles. The van der Waals surface area contributed by atoms with Crippen molar-refractivity contribution in [2.45, 2.75) is 6.92 Å². The highest BCUT2D eigenvalue weighted by atomic mass is 79.9. The molecule has 0 spiro atoms. The largest absolute Gasteiger partial charge is 0.422 e. The third-order valence-electron chi connectivity index (χ3n) is 4.00. The predicted octanol–water partition coefficient (Wildman–Crippen LogP) is 5.50. The second kappa shape index (κ2) is 9.62. The summed E-state index contributed by atoms with van der Waals surface area (Å²) in [5.41, 5.74) is 4.79. The average molecular weight is 516 g/mol. The van der Waals surface area contributed by atoms with Crippen molar-refractivity contribution in [2.24, 2.45) is 5.10 Å². The van der Waals surface area contributed by atoms with Crippen LogP contribution in [0.4, 0.5) is 0 Å². The van der Waals surface area contributed by atoms with Crippen LogP contribution in [0.1, 0.15) is 31.8 Å². The van der Waals surface area contributed by atoms with Crippen LogP contribution in [0, 0.1) is 6.92 Å². The molecule has 0 aliphatic heterocycles. The van der Waals surface area contributed by atoms with Crippen LogP contribution < -0.4 is 10.2 Å². The van der Waals surface area contributed by atoms with Gasteiger partial charge < -0.3 is 4.74 Å². The molecule has 146 valence electrons. The number of carbonyl (C=O) groups excluding carboxylic acids is 2. The smallest absolute Gasteiger partial charge is 0.343 e. The predicted molar refractivity (Wildman–Crippen MR) is 119 cm³/mol. The Hall–Kier alpha value is -2.77. The van der Waals surface area contributed by atoms with Gasteiger partial charge in [0.2, 0.25) is 0 Å². The number of hydrogen-bond donors (Lipinski definition) is 1. The molecule has 3 aromatic rings. The second-order valence-electron chi connectivity index (χ2n) is 6.10. The zero-order valence-corrected chi connectivity index (χ0v) is 18.5. The number of amides is 1. The number of esters is 1. The van der Waals surface area contributed by atoms with E-state index in [0.717, 1.165) is 14.5 Å². The third kappa shape index (κ3) is 5.62. The quantitative estimate of drug-likeness (QED) is 0.211. The number of nitrogens with one attached hydrogen (secondary N) is 1. The lowest BCUT2D eigenvalue weighted by Gasteiger charge is -2.09. The molecule has 3 aromatic carbocycles. The summed E-state index contributed by atoms with van der Waals surface area (Å²) in [7, 11) is 0. The summed E-state index contributed by atoms with van der Waals surface area (Å²) in [6.07, 6.45) is 1.43. The standard InChI is InChI=1S/C22H16Br2N2O3/c1-14-5-2-3-8-19(14)22(28)29-20-10-9-18(24)12-16(20)13-25-26-21(27)15-6-4-7-17(23)11-15/h2-13H,1H3,(H,26,27)/b25-13+. The first-order chi connectivity index (χ1) is 13.9. The lowest BCUT2D eigenvalue weighted by atomic mass is 10.1. The Morgan fingerprint density at radius 2 is 1.72 bits per heavy atom. The first kappa shape index (κ1) is 21.0. The highest BCUT2D eigenvalue weighted by Crippen LogP contribution is 2.23. The topological polar surface area (TPSA) is 67.8 Å². The van der Waals surface area contributed by atoms with E-state index in [9.17, 15) is 9.59 Å². The van der Waals surface area contributed by atoms with Crippen LogP contribution in [0.15, 0.2) is 80.8 Å². The van der Waals surface area contributed by atoms with E-state index in [4.69, 9.17) is 4.74 Å². The number of halogens is 2. The molecule has 5 nitrogen and oxygen atoms in total. The molecule has 0 fully saturated rings. The summed E-state index contributed by atoms with van der Waals surface area (Å²) in [6.45, 7) is 1.85. The molecule has 0 saturated carbocycles. The van der Waals surface area contributed by atoms with Gasteiger partial charge in [-0.3, -0.25) is 4.79 Å². The number of nitrogens with zero attached hydrogens (tertiary/aromatic N) is 1. The number of aryl methyl sites for hydroxylation is 1. The van der Waals surface area contributed by atoms with Gasteiger partial charge in [0.15, 0.2) is 0 Å². The Bertz CT molecular complexity index is 1100. The van der Waals surface area contributed by atoms with E-state index < -0.39 is 5.97 Å². The SMILES string of the molecule is Cc1ccccc1C(=O)Oc1ccc(Br)cc1/C=N/NC(=O)c1cccc(Br)c1. The summed E-state index contributed by atoms with van der Waals surface area (Å²) in [6, 6.07) is 19.3. The van der Waals surface area contributed by atoms with Gasteiger partial charge in [-0.25, -0.2) is 10.2 Å². The zero-order valence-electron chi connectivity index (χ0n) is 15.4. The summed E-state index contributed by atoms with van der Waals surface area (Å²) < 4.78 is 7.14. The van der Waals surface area contributed by atoms with Gasteiger partial charge in [-0.1, -0.05) is 56.1 Å². The van der Waals surface area contributed by atoms with E-state index in [2.05, 4.69) is 42.4 Å². The highest BCUT2D eigenvalue weighted by Gasteiger charge is 2.13. The molecule has 7 heteroatoms. The van der Waals surface area contributed by atoms with E-state index in [-0.39, 0.29) is 5.91 Å². The van der Waals surface area contributed by atoms with E-state index in [1.165, 1.54) is 6.21 Å². The van der Waals surface area contributed by atoms with Crippen molar-refractivity contribution in [1.29, 1.82) is 0 Å². The summed E-state index contributed by atoms with van der Waals surface area (Å²) in [5, 5.41) is 3.99. The molecule has 0 saturated heterocycles. The van der Waals surface area contributed by atoms with Gasteiger partial charge >= 0.3 is 5.97 Å². The van der Waals surface area contributed by atoms with E-state index in [1.54, 1.807) is 48.5 Å². The Morgan fingerprint density at radius 1 is 0.966 bits per heavy atom. The number of hydrazone groups is 1. The van der Waals surface area contributed by atoms with Crippen molar-refractivity contribution in [3.05, 3.63) is 97.9 Å². The van der Waals surface area contributed by atoms with E-state index in [0.29, 0.717) is 22.4 Å². The van der Waals surface area contributed by atoms with Crippen molar-refractivity contribution in [3.63, 3.8) is 0 Å². The number of benzene rings is 3. The normalized spacial score (nSPS) is 10.7. The second-order valence-corrected chi connectivity index (χ2v) is 7.93. The molecule has 1 amide bonds. The van der Waals surface area contributed by atoms with Crippen LogP contribution in [0.2, 0.25) is 0 Å². The number of carbonyl (C=O) groups is 2. The third-order valence-corrected chi connectivity index (χ3v) is 4.98. The van der Waals surface area contributed by atoms with Crippen molar-refractivity contribution in [1.82, 2.24) is 5.43 Å². The molecule has 0 unspecified atom stereocenters. The number of ether oxygens (including phenoxy) is 1. The number of hydrogen-bond acceptors (Lipinski definition) is 4. The lowest BCUT2D eigenvalue weighted by molar-refractivity contribution is 0.0733. The van der Waals surface area contributed by atoms with Crippen molar-refractivity contribution < 1.29 is 14.3 Å². The fourth-order valence-corrected chi connectivity index (χ4v) is 3.30. The zero-order chi connectivity index (χ0) is 20.8. The van der Waals surface area contributed by atoms with Gasteiger partial charge in [0.05, 0.1) is 11.8 Å². The first-order valence-corrected chi connectivity index (χ1v) is 10.2. The lowest BCUT2D eigenvalue weighted by Crippen LogP contribution is -2.17. The Labute approximate surface area is 185 Å². The van der Waals surface area contributed by atoms with Gasteiger partial charge in [-0.15, -0.1) is 0 Å². The maximum absolute atomic E-state index is 12.5. The van der Waals surface area contributed by atoms with Gasteiger partial charge in [-0.2, -0.15) is 5.10 Å². The Morgan fingerprint density at radius 3 is 2.48 bits per heavy atom. The van der Waals surface area contributed by atoms with Crippen LogP contribution in [-0.4, -0.2) is 18.1 Å². The minimum atomic E-state index is -0.460. The molecule has 0 radical (unpaired) electrons. The van der Waals surface area contributed by atoms with Crippen LogP contribution in [-0.2, 0) is 0 Å². The van der Waals surface area contributed by atoms with Gasteiger partial charge in [0.1, 0.15) is 5.75 Å². The molecule has 0 aromatic heterocycles. The van der Waals surface area contributed by atoms with Crippen molar-refractivity contribution in [3.8, 4) is 5.75 Å². The van der Waals surface area contributed by atoms with Crippen molar-refractivity contribution in [2.75, 3.05) is 0 Å². The fraction of sp³-hybridized carbons (Fsp3) is 0.0455. The molecule has 29 heavy (non-hydrogen) atoms. The molecular weight excluding hydrogens is 500 g/mol. The Kier molecular flexibility index (Phi) is 6.95. The van der Waals surface area contributed by atoms with Crippen LogP contribution in [0.3, 0.4) is 0 Å². The summed E-state index contributed by atoms with van der Waals surface area (Å²) in [4.78, 5) is 24.7. The molecule has 0 atom stereocenters. The van der Waals surface area contributed by atoms with Crippen molar-refractivity contribution >= 4 is 50.0 Å². The molecular formula is C22H16Br2N2O3. The van der Waals surface area contributed by atoms with Gasteiger partial charge in [-0.05, 0) is 55.0 Å². The number of rotatable bonds is 5. The van der Waals surface area contributed by atoms with Gasteiger partial charge in [0, 0.05) is 20.1 Å². The molecule has 1 N–H and O–H groups in total. The monoisotopic (exact) mass is 514 g/mol. The van der Waals surface area contributed by atoms with Crippen LogP contribution in [0.25, 0.3) is 0 Å². The average Bonchev–Trinajstić information content (AvgIpc) is 2.70. The highest BCUT2D eigenvalue weighted by molar-refractivity contribution is 9.10. The van der Waals surface area contributed by atoms with Gasteiger partial charge in [0.25, 0.3) is 5.91 Å². The minimum absolute atomic E-state index is 0.335. The molecule has 0 heterocycles. The maximum Gasteiger partial charge on any atom is 0.343 e. The molecule has 0 bridgehead atoms. The first-order valence-electron chi connectivity index (χ1n) is 8.60. The van der Waals surface area contributed by atoms with E-state index in [1.807, 2.05) is 25.1 Å². The van der Waals surface area contributed by atoms with E-state index >= 15 is 0 Å². The van der Waals surface area contributed by atoms with Crippen LogP contribution >= 0.6 is 31.9 Å². The molecule has 0 aliphatic rings. The minimum Gasteiger partial charge on any atom is -0.422 e. The summed E-state index contributed by atoms with van der Waals surface area (Å²) in [5.74, 6) is -0.476. The van der Waals surface area contributed by atoms with Crippen LogP contribution in [0.5, 0.6) is 5.75 Å². The fourth-order valence-electron chi connectivity index (χ4n) is 2.52. The Balaban J connectivity index is 1.76.